The summed E-state index contributed by atoms with van der Waals surface area (Å²) in [5, 5.41) is 13.0. The van der Waals surface area contributed by atoms with Gasteiger partial charge in [0.25, 0.3) is 0 Å². The highest BCUT2D eigenvalue weighted by atomic mass is 16.3. The number of pyridine rings is 1. The SMILES string of the molecule is Cc1ccc(O)c(CNCCCN2CCCC2)n1. The molecule has 0 aromatic carbocycles. The smallest absolute Gasteiger partial charge is 0.138 e. The first-order valence-corrected chi connectivity index (χ1v) is 6.84. The van der Waals surface area contributed by atoms with Gasteiger partial charge in [-0.15, -0.1) is 0 Å². The third kappa shape index (κ3) is 3.96. The average molecular weight is 249 g/mol. The Labute approximate surface area is 109 Å². The molecule has 2 N–H and O–H groups in total. The van der Waals surface area contributed by atoms with E-state index in [0.29, 0.717) is 6.54 Å². The monoisotopic (exact) mass is 249 g/mol. The van der Waals surface area contributed by atoms with Crippen LogP contribution in [-0.4, -0.2) is 41.2 Å². The van der Waals surface area contributed by atoms with Crippen LogP contribution >= 0.6 is 0 Å². The standard InChI is InChI=1S/C14H23N3O/c1-12-5-6-14(18)13(16-12)11-15-7-4-10-17-8-2-3-9-17/h5-6,15,18H,2-4,7-11H2,1H3. The van der Waals surface area contributed by atoms with Crippen molar-refractivity contribution in [3.05, 3.63) is 23.5 Å². The van der Waals surface area contributed by atoms with Crippen molar-refractivity contribution in [3.63, 3.8) is 0 Å². The fourth-order valence-corrected chi connectivity index (χ4v) is 2.37. The van der Waals surface area contributed by atoms with Gasteiger partial charge in [-0.2, -0.15) is 0 Å². The number of nitrogens with one attached hydrogen (secondary N) is 1. The summed E-state index contributed by atoms with van der Waals surface area (Å²) in [6.07, 6.45) is 3.87. The highest BCUT2D eigenvalue weighted by Crippen LogP contribution is 2.14. The van der Waals surface area contributed by atoms with E-state index in [1.54, 1.807) is 6.07 Å². The molecule has 1 aliphatic rings. The van der Waals surface area contributed by atoms with E-state index >= 15 is 0 Å². The molecule has 2 rings (SSSR count). The Bertz CT molecular complexity index is 375. The maximum Gasteiger partial charge on any atom is 0.138 e. The topological polar surface area (TPSA) is 48.4 Å². The molecule has 0 unspecified atom stereocenters. The lowest BCUT2D eigenvalue weighted by molar-refractivity contribution is 0.330. The van der Waals surface area contributed by atoms with Gasteiger partial charge in [0.05, 0.1) is 5.69 Å². The Hall–Kier alpha value is -1.13. The second kappa shape index (κ2) is 6.71. The third-order valence-corrected chi connectivity index (χ3v) is 3.41. The Kier molecular flexibility index (Phi) is 4.96. The first-order chi connectivity index (χ1) is 8.75. The van der Waals surface area contributed by atoms with Crippen LogP contribution < -0.4 is 5.32 Å². The number of hydrogen-bond donors (Lipinski definition) is 2. The lowest BCUT2D eigenvalue weighted by atomic mass is 10.3. The van der Waals surface area contributed by atoms with E-state index in [1.807, 2.05) is 13.0 Å². The fraction of sp³-hybridized carbons (Fsp3) is 0.643. The summed E-state index contributed by atoms with van der Waals surface area (Å²) in [6.45, 7) is 7.27. The Morgan fingerprint density at radius 2 is 2.11 bits per heavy atom. The third-order valence-electron chi connectivity index (χ3n) is 3.41. The lowest BCUT2D eigenvalue weighted by Crippen LogP contribution is -2.24. The van der Waals surface area contributed by atoms with Crippen LogP contribution in [0.2, 0.25) is 0 Å². The number of aryl methyl sites for hydroxylation is 1. The minimum atomic E-state index is 0.285. The number of nitrogens with zero attached hydrogens (tertiary/aromatic N) is 2. The first-order valence-electron chi connectivity index (χ1n) is 6.84. The molecule has 0 saturated carbocycles. The summed E-state index contributed by atoms with van der Waals surface area (Å²) in [6, 6.07) is 3.54. The zero-order valence-corrected chi connectivity index (χ0v) is 11.2. The average Bonchev–Trinajstić information content (AvgIpc) is 2.86. The van der Waals surface area contributed by atoms with Crippen LogP contribution in [0, 0.1) is 6.92 Å². The molecule has 1 aromatic heterocycles. The molecule has 1 aromatic rings. The van der Waals surface area contributed by atoms with Crippen molar-refractivity contribution < 1.29 is 5.11 Å². The lowest BCUT2D eigenvalue weighted by Gasteiger charge is -2.14. The summed E-state index contributed by atoms with van der Waals surface area (Å²) < 4.78 is 0. The summed E-state index contributed by atoms with van der Waals surface area (Å²) in [5.74, 6) is 0.285. The van der Waals surface area contributed by atoms with E-state index in [-0.39, 0.29) is 5.75 Å². The van der Waals surface area contributed by atoms with E-state index in [1.165, 1.54) is 32.5 Å². The van der Waals surface area contributed by atoms with Gasteiger partial charge in [0, 0.05) is 12.2 Å². The summed E-state index contributed by atoms with van der Waals surface area (Å²) in [7, 11) is 0. The van der Waals surface area contributed by atoms with Gasteiger partial charge in [-0.1, -0.05) is 0 Å². The van der Waals surface area contributed by atoms with Gasteiger partial charge in [0.15, 0.2) is 0 Å². The molecule has 18 heavy (non-hydrogen) atoms. The highest BCUT2D eigenvalue weighted by molar-refractivity contribution is 5.27. The second-order valence-corrected chi connectivity index (χ2v) is 5.00. The summed E-state index contributed by atoms with van der Waals surface area (Å²) in [4.78, 5) is 6.84. The molecule has 1 saturated heterocycles. The van der Waals surface area contributed by atoms with Crippen molar-refractivity contribution in [1.82, 2.24) is 15.2 Å². The Balaban J connectivity index is 1.64. The van der Waals surface area contributed by atoms with E-state index in [0.717, 1.165) is 24.4 Å². The van der Waals surface area contributed by atoms with Crippen molar-refractivity contribution in [2.45, 2.75) is 32.7 Å². The maximum atomic E-state index is 9.65. The molecule has 0 spiro atoms. The molecular formula is C14H23N3O. The molecule has 4 nitrogen and oxygen atoms in total. The van der Waals surface area contributed by atoms with Gasteiger partial charge in [0.1, 0.15) is 5.75 Å². The zero-order valence-electron chi connectivity index (χ0n) is 11.2. The maximum absolute atomic E-state index is 9.65. The van der Waals surface area contributed by atoms with Gasteiger partial charge in [0.2, 0.25) is 0 Å². The van der Waals surface area contributed by atoms with Crippen molar-refractivity contribution in [2.24, 2.45) is 0 Å². The molecule has 2 heterocycles. The predicted octanol–water partition coefficient (Wildman–Crippen LogP) is 1.67. The van der Waals surface area contributed by atoms with Crippen LogP contribution in [-0.2, 0) is 6.54 Å². The molecule has 0 radical (unpaired) electrons. The predicted molar refractivity (Wildman–Crippen MR) is 72.6 cm³/mol. The highest BCUT2D eigenvalue weighted by Gasteiger charge is 2.10. The number of hydrogen-bond acceptors (Lipinski definition) is 4. The van der Waals surface area contributed by atoms with Crippen LogP contribution in [0.1, 0.15) is 30.7 Å². The molecule has 100 valence electrons. The molecule has 1 aliphatic heterocycles. The van der Waals surface area contributed by atoms with Crippen molar-refractivity contribution in [3.8, 4) is 5.75 Å². The van der Waals surface area contributed by atoms with Crippen LogP contribution in [0.15, 0.2) is 12.1 Å². The minimum absolute atomic E-state index is 0.285. The van der Waals surface area contributed by atoms with E-state index < -0.39 is 0 Å². The summed E-state index contributed by atoms with van der Waals surface area (Å²) >= 11 is 0. The van der Waals surface area contributed by atoms with Gasteiger partial charge >= 0.3 is 0 Å². The number of aromatic hydroxyl groups is 1. The normalized spacial score (nSPS) is 16.3. The molecule has 4 heteroatoms. The molecule has 0 bridgehead atoms. The number of rotatable bonds is 6. The molecular weight excluding hydrogens is 226 g/mol. The van der Waals surface area contributed by atoms with E-state index in [4.69, 9.17) is 0 Å². The van der Waals surface area contributed by atoms with Crippen LogP contribution in [0.4, 0.5) is 0 Å². The number of aromatic nitrogens is 1. The van der Waals surface area contributed by atoms with Crippen molar-refractivity contribution in [2.75, 3.05) is 26.2 Å². The summed E-state index contributed by atoms with van der Waals surface area (Å²) in [5.41, 5.74) is 1.69. The van der Waals surface area contributed by atoms with Gasteiger partial charge in [-0.25, -0.2) is 0 Å². The Morgan fingerprint density at radius 1 is 1.33 bits per heavy atom. The fourth-order valence-electron chi connectivity index (χ4n) is 2.37. The van der Waals surface area contributed by atoms with Crippen LogP contribution in [0.3, 0.4) is 0 Å². The first kappa shape index (κ1) is 13.3. The van der Waals surface area contributed by atoms with Crippen molar-refractivity contribution >= 4 is 0 Å². The second-order valence-electron chi connectivity index (χ2n) is 5.00. The van der Waals surface area contributed by atoms with E-state index in [2.05, 4.69) is 15.2 Å². The molecule has 1 fully saturated rings. The minimum Gasteiger partial charge on any atom is -0.506 e. The van der Waals surface area contributed by atoms with Crippen LogP contribution in [0.5, 0.6) is 5.75 Å². The van der Waals surface area contributed by atoms with Gasteiger partial charge in [-0.3, -0.25) is 4.98 Å². The van der Waals surface area contributed by atoms with Crippen LogP contribution in [0.25, 0.3) is 0 Å². The van der Waals surface area contributed by atoms with Gasteiger partial charge < -0.3 is 15.3 Å². The van der Waals surface area contributed by atoms with Crippen molar-refractivity contribution in [1.29, 1.82) is 0 Å². The van der Waals surface area contributed by atoms with E-state index in [9.17, 15) is 5.11 Å². The quantitative estimate of drug-likeness (QED) is 0.753. The number of likely N-dealkylation sites (tertiary alicyclic amines) is 1. The molecule has 0 atom stereocenters. The Morgan fingerprint density at radius 3 is 2.89 bits per heavy atom. The molecule has 0 amide bonds. The zero-order chi connectivity index (χ0) is 12.8. The molecule has 0 aliphatic carbocycles. The largest absolute Gasteiger partial charge is 0.506 e. The van der Waals surface area contributed by atoms with Gasteiger partial charge in [-0.05, 0) is 64.5 Å².